The average Bonchev–Trinajstić information content (AvgIpc) is 1.00. The van der Waals surface area contributed by atoms with Gasteiger partial charge in [0.1, 0.15) is 17.2 Å². The van der Waals surface area contributed by atoms with Gasteiger partial charge in [-0.15, -0.1) is 0 Å². The lowest BCUT2D eigenvalue weighted by Crippen LogP contribution is -2.52. The largest absolute Gasteiger partial charge is 0.507 e. The van der Waals surface area contributed by atoms with Crippen LogP contribution in [0.5, 0.6) is 17.2 Å². The first kappa shape index (κ1) is 76.6. The Kier molecular flexibility index (Phi) is 31.8. The lowest BCUT2D eigenvalue weighted by atomic mass is 9.78. The Bertz CT molecular complexity index is 2270. The fourth-order valence-corrected chi connectivity index (χ4v) is 13.0. The molecular formula is C73H126N6O5S2. The summed E-state index contributed by atoms with van der Waals surface area (Å²) in [7, 11) is 0. The molecule has 0 saturated carbocycles. The quantitative estimate of drug-likeness (QED) is 0.0208. The molecule has 2 amide bonds. The molecule has 1 fully saturated rings. The van der Waals surface area contributed by atoms with E-state index in [-0.39, 0.29) is 44.3 Å². The van der Waals surface area contributed by atoms with E-state index < -0.39 is 0 Å². The maximum absolute atomic E-state index is 12.6. The van der Waals surface area contributed by atoms with Gasteiger partial charge in [0, 0.05) is 54.3 Å². The number of phenolic OH excluding ortho intramolecular Hbond substituents is 3. The van der Waals surface area contributed by atoms with Gasteiger partial charge in [0.2, 0.25) is 11.8 Å². The highest BCUT2D eigenvalue weighted by molar-refractivity contribution is 7.97. The summed E-state index contributed by atoms with van der Waals surface area (Å²) in [6, 6.07) is 12.5. The normalized spacial score (nSPS) is 14.3. The number of rotatable bonds is 31. The molecule has 1 aliphatic heterocycles. The number of carbonyl (C=O) groups is 2. The van der Waals surface area contributed by atoms with E-state index in [1.165, 1.54) is 88.6 Å². The van der Waals surface area contributed by atoms with Crippen LogP contribution < -0.4 is 16.1 Å². The van der Waals surface area contributed by atoms with Gasteiger partial charge in [0.25, 0.3) is 0 Å². The number of aromatic hydroxyl groups is 3. The van der Waals surface area contributed by atoms with Crippen LogP contribution in [0.3, 0.4) is 0 Å². The van der Waals surface area contributed by atoms with Crippen molar-refractivity contribution < 1.29 is 24.9 Å². The summed E-state index contributed by atoms with van der Waals surface area (Å²) in [6.07, 6.45) is 22.1. The number of carbonyl (C=O) groups excluding carboxylic acids is 2. The van der Waals surface area contributed by atoms with E-state index in [9.17, 15) is 24.9 Å². The zero-order valence-corrected chi connectivity index (χ0v) is 60.0. The molecule has 1 aliphatic rings. The van der Waals surface area contributed by atoms with Crippen LogP contribution in [0.2, 0.25) is 0 Å². The van der Waals surface area contributed by atoms with Gasteiger partial charge in [0.05, 0.1) is 20.0 Å². The second-order valence-electron chi connectivity index (χ2n) is 30.9. The minimum absolute atomic E-state index is 0.0489. The van der Waals surface area contributed by atoms with Crippen molar-refractivity contribution in [3.05, 3.63) is 80.9 Å². The summed E-state index contributed by atoms with van der Waals surface area (Å²) in [5.41, 5.74) is 11.7. The van der Waals surface area contributed by atoms with Crippen LogP contribution in [-0.4, -0.2) is 85.4 Å². The van der Waals surface area contributed by atoms with Gasteiger partial charge in [-0.2, -0.15) is 5.01 Å². The van der Waals surface area contributed by atoms with E-state index in [0.717, 1.165) is 95.9 Å². The van der Waals surface area contributed by atoms with Gasteiger partial charge in [-0.05, 0) is 117 Å². The Morgan fingerprint density at radius 3 is 0.988 bits per heavy atom. The van der Waals surface area contributed by atoms with E-state index in [1.54, 1.807) is 0 Å². The van der Waals surface area contributed by atoms with Crippen molar-refractivity contribution in [3.8, 4) is 17.2 Å². The summed E-state index contributed by atoms with van der Waals surface area (Å²) in [5.74, 6) is 3.66. The maximum Gasteiger partial charge on any atom is 0.220 e. The Morgan fingerprint density at radius 1 is 0.407 bits per heavy atom. The molecule has 3 aromatic carbocycles. The first-order valence-electron chi connectivity index (χ1n) is 33.4. The van der Waals surface area contributed by atoms with Crippen LogP contribution in [0.1, 0.15) is 299 Å². The third-order valence-electron chi connectivity index (χ3n) is 16.1. The molecule has 0 unspecified atom stereocenters. The van der Waals surface area contributed by atoms with Gasteiger partial charge in [0.15, 0.2) is 0 Å². The highest BCUT2D eigenvalue weighted by Gasteiger charge is 2.31. The third-order valence-corrected chi connectivity index (χ3v) is 18.3. The van der Waals surface area contributed by atoms with Crippen LogP contribution in [0.4, 0.5) is 5.69 Å². The molecule has 11 nitrogen and oxygen atoms in total. The molecule has 0 bridgehead atoms. The summed E-state index contributed by atoms with van der Waals surface area (Å²) in [6.45, 7) is 46.9. The predicted molar refractivity (Wildman–Crippen MR) is 373 cm³/mol. The molecule has 0 aliphatic carbocycles. The van der Waals surface area contributed by atoms with Crippen molar-refractivity contribution in [2.45, 2.75) is 299 Å². The molecule has 1 heterocycles. The fourth-order valence-electron chi connectivity index (χ4n) is 10.8. The molecule has 0 atom stereocenters. The third kappa shape index (κ3) is 27.6. The number of hydrogen-bond donors (Lipinski definition) is 6. The Balaban J connectivity index is 0.000000455. The summed E-state index contributed by atoms with van der Waals surface area (Å²) < 4.78 is 5.04. The highest BCUT2D eigenvalue weighted by atomic mass is 32.2. The molecule has 86 heavy (non-hydrogen) atoms. The minimum Gasteiger partial charge on any atom is -0.507 e. The minimum atomic E-state index is -0.189. The van der Waals surface area contributed by atoms with Crippen LogP contribution in [-0.2, 0) is 54.9 Å². The van der Waals surface area contributed by atoms with E-state index in [0.29, 0.717) is 56.0 Å². The second-order valence-corrected chi connectivity index (χ2v) is 33.2. The van der Waals surface area contributed by atoms with Crippen molar-refractivity contribution in [3.63, 3.8) is 0 Å². The standard InChI is InChI=1S/C40H64N2O4.C33H62N4OS2/c1-37(2,3)29-23-27(24-30(35(29)45)38(4,5)6)17-19-33(43)41-21-15-13-14-16-22-42-34(44)20-18-28-25-31(39(7,8)9)36(46)32(26-28)40(10,11)12;1-9-11-13-15-17-19-21-39-36-25-35(26-37(27-36)40-22-20-18-16-14-12-10-2)34-28-23-29(32(3,4)5)31(38)30(24-28)33(6,7)8/h23-26,45-46H,13-22H2,1-12H3,(H,41,43)(H,42,44);23-24,34,38H,9-22,25-27H2,1-8H3. The number of aryl methyl sites for hydroxylation is 2. The van der Waals surface area contributed by atoms with Crippen molar-refractivity contribution in [2.75, 3.05) is 50.0 Å². The Labute approximate surface area is 535 Å². The summed E-state index contributed by atoms with van der Waals surface area (Å²) in [5, 5.41) is 41.5. The number of anilines is 1. The van der Waals surface area contributed by atoms with Crippen LogP contribution >= 0.6 is 23.9 Å². The van der Waals surface area contributed by atoms with Crippen molar-refractivity contribution in [1.29, 1.82) is 0 Å². The number of nitrogens with zero attached hydrogens (tertiary/aromatic N) is 3. The number of hydrogen-bond acceptors (Lipinski definition) is 11. The molecule has 1 saturated heterocycles. The van der Waals surface area contributed by atoms with Gasteiger partial charge in [-0.1, -0.05) is 264 Å². The molecule has 0 radical (unpaired) electrons. The Hall–Kier alpha value is -3.62. The smallest absolute Gasteiger partial charge is 0.220 e. The topological polar surface area (TPSA) is 141 Å². The number of unbranched alkanes of at least 4 members (excludes halogenated alkanes) is 13. The zero-order chi connectivity index (χ0) is 64.7. The summed E-state index contributed by atoms with van der Waals surface area (Å²) in [4.78, 5) is 25.1. The van der Waals surface area contributed by atoms with Crippen LogP contribution in [0.25, 0.3) is 0 Å². The number of amides is 2. The van der Waals surface area contributed by atoms with Gasteiger partial charge >= 0.3 is 0 Å². The molecule has 3 aromatic rings. The molecule has 4 rings (SSSR count). The first-order chi connectivity index (χ1) is 40.0. The van der Waals surface area contributed by atoms with Gasteiger partial charge in [-0.3, -0.25) is 9.59 Å². The van der Waals surface area contributed by atoms with Crippen molar-refractivity contribution in [2.24, 2.45) is 0 Å². The second kappa shape index (κ2) is 35.7. The van der Waals surface area contributed by atoms with Gasteiger partial charge in [-0.25, -0.2) is 8.61 Å². The van der Waals surface area contributed by atoms with E-state index in [4.69, 9.17) is 0 Å². The van der Waals surface area contributed by atoms with E-state index in [2.05, 4.69) is 205 Å². The lowest BCUT2D eigenvalue weighted by molar-refractivity contribution is -0.121. The summed E-state index contributed by atoms with van der Waals surface area (Å²) >= 11 is 4.01. The van der Waals surface area contributed by atoms with Crippen LogP contribution in [0.15, 0.2) is 36.4 Å². The van der Waals surface area contributed by atoms with E-state index in [1.807, 2.05) is 23.9 Å². The molecule has 0 aromatic heterocycles. The molecule has 13 heteroatoms. The molecular weight excluding hydrogens is 1100 g/mol. The molecule has 6 N–H and O–H groups in total. The number of benzene rings is 3. The van der Waals surface area contributed by atoms with Crippen molar-refractivity contribution >= 4 is 41.4 Å². The average molecular weight is 1230 g/mol. The number of nitrogens with one attached hydrogen (secondary N) is 3. The lowest BCUT2D eigenvalue weighted by Gasteiger charge is -2.41. The predicted octanol–water partition coefficient (Wildman–Crippen LogP) is 18.8. The number of phenols is 3. The Morgan fingerprint density at radius 2 is 0.686 bits per heavy atom. The maximum atomic E-state index is 12.6. The fraction of sp³-hybridized carbons (Fsp3) is 0.726. The van der Waals surface area contributed by atoms with Crippen molar-refractivity contribution in [1.82, 2.24) is 24.3 Å². The van der Waals surface area contributed by atoms with E-state index >= 15 is 0 Å². The zero-order valence-electron chi connectivity index (χ0n) is 58.4. The molecule has 490 valence electrons. The SMILES string of the molecule is CC(C)(C)c1cc(CCC(=O)NCCCCCCNC(=O)CCc2cc(C(C)(C)C)c(O)c(C(C)(C)C)c2)cc(C(C)(C)C)c1O.CCCCCCCCSN1CN(Nc2cc(C(C)(C)C)c(O)c(C(C)(C)C)c2)CN(SCCCCCCCC)C1. The highest BCUT2D eigenvalue weighted by Crippen LogP contribution is 2.43. The van der Waals surface area contributed by atoms with Gasteiger partial charge < -0.3 is 31.4 Å². The monoisotopic (exact) mass is 1230 g/mol. The molecule has 0 spiro atoms. The number of hydrazine groups is 1. The van der Waals surface area contributed by atoms with Crippen LogP contribution in [0, 0.1) is 0 Å². The first-order valence-corrected chi connectivity index (χ1v) is 35.3.